The standard InChI is InChI=1S/C13H18N2O2/c1-13(2)6-4-5-9(12(13)17)11(16)10-7-15(3)8-14-10/h7-9H,4-6H2,1-3H3. The van der Waals surface area contributed by atoms with Crippen molar-refractivity contribution >= 4 is 11.6 Å². The van der Waals surface area contributed by atoms with Crippen molar-refractivity contribution in [3.05, 3.63) is 18.2 Å². The molecule has 1 aromatic heterocycles. The second-order valence-corrected chi connectivity index (χ2v) is 5.48. The smallest absolute Gasteiger partial charge is 0.193 e. The van der Waals surface area contributed by atoms with Gasteiger partial charge in [-0.2, -0.15) is 0 Å². The van der Waals surface area contributed by atoms with Crippen LogP contribution < -0.4 is 0 Å². The quantitative estimate of drug-likeness (QED) is 0.581. The Labute approximate surface area is 101 Å². The maximum atomic E-state index is 12.2. The van der Waals surface area contributed by atoms with Crippen LogP contribution in [0.5, 0.6) is 0 Å². The highest BCUT2D eigenvalue weighted by molar-refractivity contribution is 6.11. The Morgan fingerprint density at radius 3 is 2.82 bits per heavy atom. The Bertz CT molecular complexity index is 460. The van der Waals surface area contributed by atoms with Crippen LogP contribution in [-0.2, 0) is 11.8 Å². The number of hydrogen-bond acceptors (Lipinski definition) is 3. The van der Waals surface area contributed by atoms with E-state index in [1.54, 1.807) is 17.1 Å². The Morgan fingerprint density at radius 2 is 2.24 bits per heavy atom. The van der Waals surface area contributed by atoms with E-state index in [0.717, 1.165) is 12.8 Å². The number of aryl methyl sites for hydroxylation is 1. The number of aromatic nitrogens is 2. The molecule has 1 atom stereocenters. The molecule has 4 heteroatoms. The lowest BCUT2D eigenvalue weighted by molar-refractivity contribution is -0.132. The van der Waals surface area contributed by atoms with E-state index in [-0.39, 0.29) is 17.0 Å². The molecular formula is C13H18N2O2. The van der Waals surface area contributed by atoms with Gasteiger partial charge in [-0.05, 0) is 12.8 Å². The summed E-state index contributed by atoms with van der Waals surface area (Å²) >= 11 is 0. The lowest BCUT2D eigenvalue weighted by atomic mass is 9.69. The van der Waals surface area contributed by atoms with E-state index in [1.165, 1.54) is 0 Å². The largest absolute Gasteiger partial charge is 0.340 e. The molecule has 92 valence electrons. The van der Waals surface area contributed by atoms with Gasteiger partial charge in [0.2, 0.25) is 0 Å². The third-order valence-corrected chi connectivity index (χ3v) is 3.55. The molecule has 0 bridgehead atoms. The average Bonchev–Trinajstić information content (AvgIpc) is 2.68. The minimum absolute atomic E-state index is 0.0689. The van der Waals surface area contributed by atoms with Crippen LogP contribution in [0.3, 0.4) is 0 Å². The van der Waals surface area contributed by atoms with Gasteiger partial charge in [0.15, 0.2) is 5.78 Å². The van der Waals surface area contributed by atoms with Crippen LogP contribution in [0.1, 0.15) is 43.6 Å². The fourth-order valence-corrected chi connectivity index (χ4v) is 2.44. The van der Waals surface area contributed by atoms with E-state index in [0.29, 0.717) is 12.1 Å². The van der Waals surface area contributed by atoms with E-state index in [2.05, 4.69) is 4.98 Å². The van der Waals surface area contributed by atoms with Crippen molar-refractivity contribution in [2.75, 3.05) is 0 Å². The van der Waals surface area contributed by atoms with Gasteiger partial charge >= 0.3 is 0 Å². The lowest BCUT2D eigenvalue weighted by Crippen LogP contribution is -2.39. The van der Waals surface area contributed by atoms with Crippen LogP contribution >= 0.6 is 0 Å². The molecular weight excluding hydrogens is 216 g/mol. The molecule has 1 aliphatic rings. The van der Waals surface area contributed by atoms with Crippen LogP contribution in [0.2, 0.25) is 0 Å². The SMILES string of the molecule is Cn1cnc(C(=O)C2CCCC(C)(C)C2=O)c1. The maximum Gasteiger partial charge on any atom is 0.193 e. The number of rotatable bonds is 2. The van der Waals surface area contributed by atoms with Crippen LogP contribution in [0, 0.1) is 11.3 Å². The molecule has 1 aliphatic carbocycles. The topological polar surface area (TPSA) is 52.0 Å². The van der Waals surface area contributed by atoms with Crippen LogP contribution in [0.4, 0.5) is 0 Å². The van der Waals surface area contributed by atoms with E-state index >= 15 is 0 Å². The van der Waals surface area contributed by atoms with Crippen LogP contribution in [0.25, 0.3) is 0 Å². The van der Waals surface area contributed by atoms with Crippen molar-refractivity contribution in [2.24, 2.45) is 18.4 Å². The van der Waals surface area contributed by atoms with Gasteiger partial charge in [0.1, 0.15) is 11.5 Å². The third-order valence-electron chi connectivity index (χ3n) is 3.55. The fourth-order valence-electron chi connectivity index (χ4n) is 2.44. The van der Waals surface area contributed by atoms with E-state index < -0.39 is 5.92 Å². The van der Waals surface area contributed by atoms with Crippen LogP contribution in [0.15, 0.2) is 12.5 Å². The van der Waals surface area contributed by atoms with Crippen LogP contribution in [-0.4, -0.2) is 21.1 Å². The van der Waals surface area contributed by atoms with Crippen molar-refractivity contribution < 1.29 is 9.59 Å². The first-order valence-corrected chi connectivity index (χ1v) is 5.98. The van der Waals surface area contributed by atoms with Crippen molar-refractivity contribution in [2.45, 2.75) is 33.1 Å². The molecule has 0 spiro atoms. The monoisotopic (exact) mass is 234 g/mol. The summed E-state index contributed by atoms with van der Waals surface area (Å²) in [5.41, 5.74) is 0.0384. The van der Waals surface area contributed by atoms with Gasteiger partial charge in [0.05, 0.1) is 12.2 Å². The number of carbonyl (C=O) groups excluding carboxylic acids is 2. The first kappa shape index (κ1) is 12.0. The fraction of sp³-hybridized carbons (Fsp3) is 0.615. The van der Waals surface area contributed by atoms with Gasteiger partial charge in [0, 0.05) is 18.7 Å². The second-order valence-electron chi connectivity index (χ2n) is 5.48. The molecule has 0 amide bonds. The van der Waals surface area contributed by atoms with Crippen molar-refractivity contribution in [1.29, 1.82) is 0 Å². The first-order chi connectivity index (χ1) is 7.92. The molecule has 0 radical (unpaired) electrons. The van der Waals surface area contributed by atoms with Crippen molar-refractivity contribution in [1.82, 2.24) is 9.55 Å². The van der Waals surface area contributed by atoms with E-state index in [1.807, 2.05) is 20.9 Å². The zero-order chi connectivity index (χ0) is 12.6. The molecule has 1 aromatic rings. The Hall–Kier alpha value is -1.45. The molecule has 2 rings (SSSR count). The minimum Gasteiger partial charge on any atom is -0.340 e. The average molecular weight is 234 g/mol. The summed E-state index contributed by atoms with van der Waals surface area (Å²) in [6.07, 6.45) is 5.74. The summed E-state index contributed by atoms with van der Waals surface area (Å²) in [5.74, 6) is -0.545. The maximum absolute atomic E-state index is 12.2. The van der Waals surface area contributed by atoms with Gasteiger partial charge < -0.3 is 4.57 Å². The summed E-state index contributed by atoms with van der Waals surface area (Å²) in [5, 5.41) is 0. The zero-order valence-electron chi connectivity index (χ0n) is 10.6. The highest BCUT2D eigenvalue weighted by atomic mass is 16.2. The molecule has 0 saturated heterocycles. The Kier molecular flexibility index (Phi) is 2.89. The van der Waals surface area contributed by atoms with Gasteiger partial charge in [-0.1, -0.05) is 20.3 Å². The molecule has 4 nitrogen and oxygen atoms in total. The molecule has 0 aromatic carbocycles. The predicted molar refractivity (Wildman–Crippen MR) is 63.7 cm³/mol. The number of ketones is 2. The van der Waals surface area contributed by atoms with Crippen molar-refractivity contribution in [3.8, 4) is 0 Å². The van der Waals surface area contributed by atoms with E-state index in [9.17, 15) is 9.59 Å². The van der Waals surface area contributed by atoms with Gasteiger partial charge in [-0.25, -0.2) is 4.98 Å². The molecule has 17 heavy (non-hydrogen) atoms. The number of carbonyl (C=O) groups is 2. The third kappa shape index (κ3) is 2.16. The minimum atomic E-state index is -0.492. The number of hydrogen-bond donors (Lipinski definition) is 0. The highest BCUT2D eigenvalue weighted by Crippen LogP contribution is 2.36. The molecule has 1 heterocycles. The molecule has 1 fully saturated rings. The Morgan fingerprint density at radius 1 is 1.53 bits per heavy atom. The summed E-state index contributed by atoms with van der Waals surface area (Å²) in [7, 11) is 1.82. The Balaban J connectivity index is 2.23. The second kappa shape index (κ2) is 4.09. The highest BCUT2D eigenvalue weighted by Gasteiger charge is 2.41. The first-order valence-electron chi connectivity index (χ1n) is 5.98. The van der Waals surface area contributed by atoms with Gasteiger partial charge in [0.25, 0.3) is 0 Å². The summed E-state index contributed by atoms with van der Waals surface area (Å²) < 4.78 is 1.73. The normalized spacial score (nSPS) is 23.7. The summed E-state index contributed by atoms with van der Waals surface area (Å²) in [4.78, 5) is 28.5. The zero-order valence-corrected chi connectivity index (χ0v) is 10.6. The molecule has 1 unspecified atom stereocenters. The molecule has 0 aliphatic heterocycles. The van der Waals surface area contributed by atoms with E-state index in [4.69, 9.17) is 0 Å². The number of Topliss-reactive ketones (excluding diaryl/α,β-unsaturated/α-hetero) is 2. The van der Waals surface area contributed by atoms with Crippen molar-refractivity contribution in [3.63, 3.8) is 0 Å². The van der Waals surface area contributed by atoms with Gasteiger partial charge in [-0.15, -0.1) is 0 Å². The molecule has 1 saturated carbocycles. The summed E-state index contributed by atoms with van der Waals surface area (Å²) in [6.45, 7) is 3.85. The number of imidazole rings is 1. The lowest BCUT2D eigenvalue weighted by Gasteiger charge is -2.32. The number of nitrogens with zero attached hydrogens (tertiary/aromatic N) is 2. The molecule has 0 N–H and O–H groups in total. The van der Waals surface area contributed by atoms with Gasteiger partial charge in [-0.3, -0.25) is 9.59 Å². The summed E-state index contributed by atoms with van der Waals surface area (Å²) in [6, 6.07) is 0. The predicted octanol–water partition coefficient (Wildman–Crippen LogP) is 2.00.